The summed E-state index contributed by atoms with van der Waals surface area (Å²) in [6, 6.07) is 15.6. The van der Waals surface area contributed by atoms with Crippen LogP contribution in [0.2, 0.25) is 0 Å². The van der Waals surface area contributed by atoms with E-state index in [0.29, 0.717) is 11.3 Å². The zero-order chi connectivity index (χ0) is 18.5. The molecule has 132 valence electrons. The van der Waals surface area contributed by atoms with Gasteiger partial charge in [-0.05, 0) is 23.8 Å². The summed E-state index contributed by atoms with van der Waals surface area (Å²) < 4.78 is 6.95. The normalized spacial score (nSPS) is 11.7. The van der Waals surface area contributed by atoms with Crippen molar-refractivity contribution in [2.45, 2.75) is 12.6 Å². The van der Waals surface area contributed by atoms with Crippen LogP contribution in [0.1, 0.15) is 27.9 Å². The van der Waals surface area contributed by atoms with Crippen molar-refractivity contribution in [1.82, 2.24) is 9.88 Å². The standard InChI is InChI=1S/C19H17N3O4/c20-18(24)17(13-6-2-1-3-7-13)21-19(25)15-10-9-14(26-15)12-22-11-5-4-8-16(22)23/h1-11,17H,12H2,(H2,20,24)(H,21,25). The molecule has 7 heteroatoms. The third-order valence-electron chi connectivity index (χ3n) is 3.80. The van der Waals surface area contributed by atoms with Gasteiger partial charge in [-0.15, -0.1) is 0 Å². The number of benzene rings is 1. The molecule has 0 saturated heterocycles. The van der Waals surface area contributed by atoms with E-state index in [1.807, 2.05) is 0 Å². The largest absolute Gasteiger partial charge is 0.454 e. The number of carbonyl (C=O) groups excluding carboxylic acids is 2. The Hall–Kier alpha value is -3.61. The molecule has 1 atom stereocenters. The first-order valence-electron chi connectivity index (χ1n) is 7.94. The first kappa shape index (κ1) is 17.2. The molecule has 2 heterocycles. The lowest BCUT2D eigenvalue weighted by Gasteiger charge is -2.14. The predicted octanol–water partition coefficient (Wildman–Crippen LogP) is 1.45. The Kier molecular flexibility index (Phi) is 4.98. The minimum atomic E-state index is -0.964. The number of amides is 2. The van der Waals surface area contributed by atoms with E-state index in [0.717, 1.165) is 0 Å². The van der Waals surface area contributed by atoms with Crippen LogP contribution < -0.4 is 16.6 Å². The van der Waals surface area contributed by atoms with E-state index >= 15 is 0 Å². The highest BCUT2D eigenvalue weighted by atomic mass is 16.4. The molecule has 0 aliphatic carbocycles. The van der Waals surface area contributed by atoms with Crippen LogP contribution in [0.4, 0.5) is 0 Å². The second-order valence-corrected chi connectivity index (χ2v) is 5.65. The van der Waals surface area contributed by atoms with Gasteiger partial charge >= 0.3 is 0 Å². The highest BCUT2D eigenvalue weighted by Gasteiger charge is 2.22. The zero-order valence-electron chi connectivity index (χ0n) is 13.8. The number of pyridine rings is 1. The van der Waals surface area contributed by atoms with Gasteiger partial charge in [0.1, 0.15) is 11.8 Å². The minimum absolute atomic E-state index is 0.0335. The van der Waals surface area contributed by atoms with E-state index in [-0.39, 0.29) is 17.9 Å². The molecule has 0 bridgehead atoms. The summed E-state index contributed by atoms with van der Waals surface area (Å²) in [7, 11) is 0. The van der Waals surface area contributed by atoms with E-state index in [1.54, 1.807) is 54.7 Å². The maximum atomic E-state index is 12.4. The second kappa shape index (κ2) is 7.52. The maximum absolute atomic E-state index is 12.4. The minimum Gasteiger partial charge on any atom is -0.454 e. The van der Waals surface area contributed by atoms with E-state index in [4.69, 9.17) is 10.2 Å². The number of nitrogens with one attached hydrogen (secondary N) is 1. The van der Waals surface area contributed by atoms with Crippen LogP contribution in [0.15, 0.2) is 76.1 Å². The zero-order valence-corrected chi connectivity index (χ0v) is 13.8. The molecule has 0 saturated carbocycles. The van der Waals surface area contributed by atoms with Crippen LogP contribution >= 0.6 is 0 Å². The van der Waals surface area contributed by atoms with Gasteiger partial charge in [-0.1, -0.05) is 36.4 Å². The van der Waals surface area contributed by atoms with E-state index < -0.39 is 17.9 Å². The number of carbonyl (C=O) groups is 2. The van der Waals surface area contributed by atoms with Gasteiger partial charge in [-0.25, -0.2) is 0 Å². The number of primary amides is 1. The number of hydrogen-bond acceptors (Lipinski definition) is 4. The number of nitrogens with two attached hydrogens (primary N) is 1. The molecule has 0 aliphatic heterocycles. The maximum Gasteiger partial charge on any atom is 0.287 e. The van der Waals surface area contributed by atoms with Gasteiger partial charge in [-0.2, -0.15) is 0 Å². The van der Waals surface area contributed by atoms with Crippen LogP contribution in [0.25, 0.3) is 0 Å². The van der Waals surface area contributed by atoms with Gasteiger partial charge in [0.25, 0.3) is 11.5 Å². The van der Waals surface area contributed by atoms with Crippen molar-refractivity contribution in [3.63, 3.8) is 0 Å². The van der Waals surface area contributed by atoms with Crippen LogP contribution in [0, 0.1) is 0 Å². The summed E-state index contributed by atoms with van der Waals surface area (Å²) in [6.45, 7) is 0.199. The van der Waals surface area contributed by atoms with E-state index in [2.05, 4.69) is 5.32 Å². The number of aromatic nitrogens is 1. The number of furan rings is 1. The summed E-state index contributed by atoms with van der Waals surface area (Å²) in [6.07, 6.45) is 1.63. The number of hydrogen-bond donors (Lipinski definition) is 2. The molecule has 2 amide bonds. The monoisotopic (exact) mass is 351 g/mol. The van der Waals surface area contributed by atoms with Crippen molar-refractivity contribution >= 4 is 11.8 Å². The van der Waals surface area contributed by atoms with Crippen LogP contribution in [-0.2, 0) is 11.3 Å². The smallest absolute Gasteiger partial charge is 0.287 e. The summed E-state index contributed by atoms with van der Waals surface area (Å²) in [5.74, 6) is -0.763. The highest BCUT2D eigenvalue weighted by molar-refractivity contribution is 5.95. The molecule has 1 aromatic carbocycles. The Morgan fingerprint density at radius 3 is 2.46 bits per heavy atom. The quantitative estimate of drug-likeness (QED) is 0.701. The van der Waals surface area contributed by atoms with Crippen molar-refractivity contribution in [2.75, 3.05) is 0 Å². The molecule has 3 rings (SSSR count). The topological polar surface area (TPSA) is 107 Å². The van der Waals surface area contributed by atoms with Gasteiger partial charge in [-0.3, -0.25) is 14.4 Å². The fourth-order valence-corrected chi connectivity index (χ4v) is 2.51. The Bertz CT molecular complexity index is 975. The average molecular weight is 351 g/mol. The summed E-state index contributed by atoms with van der Waals surface area (Å²) in [5.41, 5.74) is 5.80. The average Bonchev–Trinajstić information content (AvgIpc) is 3.10. The third kappa shape index (κ3) is 3.89. The molecule has 0 spiro atoms. The van der Waals surface area contributed by atoms with Crippen LogP contribution in [-0.4, -0.2) is 16.4 Å². The number of nitrogens with zero attached hydrogens (tertiary/aromatic N) is 1. The van der Waals surface area contributed by atoms with Crippen molar-refractivity contribution < 1.29 is 14.0 Å². The molecule has 3 N–H and O–H groups in total. The Balaban J connectivity index is 1.74. The van der Waals surface area contributed by atoms with Crippen molar-refractivity contribution in [3.05, 3.63) is 94.3 Å². The Morgan fingerprint density at radius 2 is 1.77 bits per heavy atom. The Labute approximate surface area is 149 Å². The Morgan fingerprint density at radius 1 is 1.04 bits per heavy atom. The molecule has 1 unspecified atom stereocenters. The fourth-order valence-electron chi connectivity index (χ4n) is 2.51. The third-order valence-corrected chi connectivity index (χ3v) is 3.80. The van der Waals surface area contributed by atoms with Gasteiger partial charge in [0, 0.05) is 12.3 Å². The molecule has 2 aromatic heterocycles. The summed E-state index contributed by atoms with van der Waals surface area (Å²) >= 11 is 0. The molecule has 0 radical (unpaired) electrons. The molecule has 0 fully saturated rings. The number of rotatable bonds is 6. The first-order valence-corrected chi connectivity index (χ1v) is 7.94. The highest BCUT2D eigenvalue weighted by Crippen LogP contribution is 2.15. The molecule has 26 heavy (non-hydrogen) atoms. The van der Waals surface area contributed by atoms with Gasteiger partial charge in [0.05, 0.1) is 6.54 Å². The fraction of sp³-hybridized carbons (Fsp3) is 0.105. The molecular formula is C19H17N3O4. The van der Waals surface area contributed by atoms with Gasteiger partial charge < -0.3 is 20.0 Å². The lowest BCUT2D eigenvalue weighted by molar-refractivity contribution is -0.120. The van der Waals surface area contributed by atoms with Crippen LogP contribution in [0.3, 0.4) is 0 Å². The first-order chi connectivity index (χ1) is 12.5. The lowest BCUT2D eigenvalue weighted by Crippen LogP contribution is -2.37. The molecule has 0 aliphatic rings. The predicted molar refractivity (Wildman–Crippen MR) is 94.4 cm³/mol. The summed E-state index contributed by atoms with van der Waals surface area (Å²) in [5, 5.41) is 2.56. The second-order valence-electron chi connectivity index (χ2n) is 5.65. The van der Waals surface area contributed by atoms with E-state index in [9.17, 15) is 14.4 Å². The van der Waals surface area contributed by atoms with E-state index in [1.165, 1.54) is 16.7 Å². The molecule has 7 nitrogen and oxygen atoms in total. The SMILES string of the molecule is NC(=O)C(NC(=O)c1ccc(Cn2ccccc2=O)o1)c1ccccc1. The van der Waals surface area contributed by atoms with Crippen molar-refractivity contribution in [2.24, 2.45) is 5.73 Å². The van der Waals surface area contributed by atoms with Crippen molar-refractivity contribution in [3.8, 4) is 0 Å². The van der Waals surface area contributed by atoms with Gasteiger partial charge in [0.15, 0.2) is 5.76 Å². The molecule has 3 aromatic rings. The van der Waals surface area contributed by atoms with Gasteiger partial charge in [0.2, 0.25) is 5.91 Å². The molecular weight excluding hydrogens is 334 g/mol. The lowest BCUT2D eigenvalue weighted by atomic mass is 10.1. The van der Waals surface area contributed by atoms with Crippen molar-refractivity contribution in [1.29, 1.82) is 0 Å². The van der Waals surface area contributed by atoms with Crippen LogP contribution in [0.5, 0.6) is 0 Å². The summed E-state index contributed by atoms with van der Waals surface area (Å²) in [4.78, 5) is 35.8.